The second-order valence-corrected chi connectivity index (χ2v) is 9.65. The van der Waals surface area contributed by atoms with Gasteiger partial charge in [-0.2, -0.15) is 13.2 Å². The summed E-state index contributed by atoms with van der Waals surface area (Å²) in [6, 6.07) is 8.00. The summed E-state index contributed by atoms with van der Waals surface area (Å²) in [5, 5.41) is 17.1. The molecule has 1 atom stereocenters. The van der Waals surface area contributed by atoms with Crippen LogP contribution in [0.3, 0.4) is 0 Å². The second kappa shape index (κ2) is 11.1. The molecule has 1 saturated carbocycles. The third-order valence-corrected chi connectivity index (χ3v) is 7.16. The molecule has 2 heterocycles. The van der Waals surface area contributed by atoms with Gasteiger partial charge in [0.15, 0.2) is 0 Å². The maximum atomic E-state index is 12.9. The Morgan fingerprint density at radius 3 is 2.57 bits per heavy atom. The molecular formula is C26H31F3N4O4. The number of likely N-dealkylation sites (tertiary alicyclic amines) is 1. The molecule has 4 rings (SSSR count). The van der Waals surface area contributed by atoms with Gasteiger partial charge in [-0.3, -0.25) is 9.59 Å². The van der Waals surface area contributed by atoms with Crippen molar-refractivity contribution in [1.29, 1.82) is 0 Å². The van der Waals surface area contributed by atoms with E-state index in [0.29, 0.717) is 31.8 Å². The SMILES string of the molecule is COc1ccc(C2(O)CCC(N[C@H]3CCN(C(=O)CNC(=O)c4cccc(C(F)(F)F)c4)C3)CC2)cn1. The minimum absolute atomic E-state index is 0.0990. The first-order valence-corrected chi connectivity index (χ1v) is 12.3. The zero-order chi connectivity index (χ0) is 26.6. The summed E-state index contributed by atoms with van der Waals surface area (Å²) in [4.78, 5) is 30.7. The van der Waals surface area contributed by atoms with Gasteiger partial charge < -0.3 is 25.4 Å². The minimum atomic E-state index is -4.55. The number of rotatable bonds is 7. The maximum absolute atomic E-state index is 12.9. The first kappa shape index (κ1) is 26.9. The topological polar surface area (TPSA) is 104 Å². The van der Waals surface area contributed by atoms with Crippen molar-refractivity contribution in [2.45, 2.75) is 56.0 Å². The fourth-order valence-corrected chi connectivity index (χ4v) is 4.99. The van der Waals surface area contributed by atoms with Crippen LogP contribution in [0.25, 0.3) is 0 Å². The molecule has 2 aliphatic rings. The number of benzene rings is 1. The Hall–Kier alpha value is -3.18. The van der Waals surface area contributed by atoms with Crippen LogP contribution in [0.5, 0.6) is 5.88 Å². The van der Waals surface area contributed by atoms with Crippen molar-refractivity contribution < 1.29 is 32.6 Å². The number of hydrogen-bond donors (Lipinski definition) is 3. The number of alkyl halides is 3. The van der Waals surface area contributed by atoms with E-state index in [0.717, 1.165) is 43.0 Å². The largest absolute Gasteiger partial charge is 0.481 e. The normalized spacial score (nSPS) is 24.1. The molecule has 1 saturated heterocycles. The van der Waals surface area contributed by atoms with Crippen molar-refractivity contribution in [3.63, 3.8) is 0 Å². The van der Waals surface area contributed by atoms with E-state index in [1.54, 1.807) is 24.3 Å². The number of nitrogens with one attached hydrogen (secondary N) is 2. The molecule has 1 aliphatic heterocycles. The van der Waals surface area contributed by atoms with Crippen molar-refractivity contribution >= 4 is 11.8 Å². The molecule has 1 aliphatic carbocycles. The van der Waals surface area contributed by atoms with Gasteiger partial charge in [-0.25, -0.2) is 4.98 Å². The Kier molecular flexibility index (Phi) is 8.03. The van der Waals surface area contributed by atoms with E-state index >= 15 is 0 Å². The molecule has 37 heavy (non-hydrogen) atoms. The molecule has 0 spiro atoms. The van der Waals surface area contributed by atoms with Crippen LogP contribution in [0.2, 0.25) is 0 Å². The smallest absolute Gasteiger partial charge is 0.416 e. The lowest BCUT2D eigenvalue weighted by Gasteiger charge is -2.37. The van der Waals surface area contributed by atoms with Crippen LogP contribution in [-0.2, 0) is 16.6 Å². The Balaban J connectivity index is 1.21. The molecule has 2 amide bonds. The van der Waals surface area contributed by atoms with E-state index in [1.165, 1.54) is 6.07 Å². The summed E-state index contributed by atoms with van der Waals surface area (Å²) in [5.74, 6) is -0.511. The van der Waals surface area contributed by atoms with Crippen molar-refractivity contribution in [3.05, 3.63) is 59.3 Å². The van der Waals surface area contributed by atoms with E-state index in [1.807, 2.05) is 6.07 Å². The van der Waals surface area contributed by atoms with Crippen molar-refractivity contribution in [1.82, 2.24) is 20.5 Å². The molecule has 1 aromatic carbocycles. The molecule has 200 valence electrons. The molecule has 1 aromatic heterocycles. The first-order valence-electron chi connectivity index (χ1n) is 12.3. The lowest BCUT2D eigenvalue weighted by atomic mass is 9.78. The number of amides is 2. The van der Waals surface area contributed by atoms with Crippen LogP contribution >= 0.6 is 0 Å². The highest BCUT2D eigenvalue weighted by molar-refractivity contribution is 5.96. The number of hydrogen-bond acceptors (Lipinski definition) is 6. The Morgan fingerprint density at radius 1 is 1.16 bits per heavy atom. The predicted octanol–water partition coefficient (Wildman–Crippen LogP) is 2.86. The Bertz CT molecular complexity index is 1100. The van der Waals surface area contributed by atoms with E-state index in [2.05, 4.69) is 15.6 Å². The highest BCUT2D eigenvalue weighted by Crippen LogP contribution is 2.37. The van der Waals surface area contributed by atoms with Gasteiger partial charge in [0.25, 0.3) is 5.91 Å². The third kappa shape index (κ3) is 6.58. The Labute approximate surface area is 213 Å². The van der Waals surface area contributed by atoms with Crippen LogP contribution in [0.1, 0.15) is 53.6 Å². The van der Waals surface area contributed by atoms with Crippen LogP contribution in [0, 0.1) is 0 Å². The summed E-state index contributed by atoms with van der Waals surface area (Å²) in [6.45, 7) is 0.736. The summed E-state index contributed by atoms with van der Waals surface area (Å²) in [7, 11) is 1.54. The van der Waals surface area contributed by atoms with E-state index < -0.39 is 23.2 Å². The van der Waals surface area contributed by atoms with Crippen LogP contribution in [0.4, 0.5) is 13.2 Å². The van der Waals surface area contributed by atoms with Crippen LogP contribution in [-0.4, -0.2) is 65.6 Å². The Morgan fingerprint density at radius 2 is 1.92 bits per heavy atom. The minimum Gasteiger partial charge on any atom is -0.481 e. The molecule has 3 N–H and O–H groups in total. The van der Waals surface area contributed by atoms with Crippen LogP contribution < -0.4 is 15.4 Å². The van der Waals surface area contributed by atoms with Gasteiger partial charge in [0, 0.05) is 48.6 Å². The molecule has 11 heteroatoms. The predicted molar refractivity (Wildman–Crippen MR) is 129 cm³/mol. The average Bonchev–Trinajstić information content (AvgIpc) is 3.37. The average molecular weight is 521 g/mol. The summed E-state index contributed by atoms with van der Waals surface area (Å²) in [6.07, 6.45) is 0.605. The number of halogens is 3. The van der Waals surface area contributed by atoms with E-state index in [-0.39, 0.29) is 30.1 Å². The number of aromatic nitrogens is 1. The molecule has 8 nitrogen and oxygen atoms in total. The lowest BCUT2D eigenvalue weighted by Crippen LogP contribution is -2.46. The van der Waals surface area contributed by atoms with Crippen molar-refractivity contribution in [2.24, 2.45) is 0 Å². The molecule has 0 bridgehead atoms. The molecule has 0 radical (unpaired) electrons. The number of carbonyl (C=O) groups excluding carboxylic acids is 2. The fraction of sp³-hybridized carbons (Fsp3) is 0.500. The van der Waals surface area contributed by atoms with Gasteiger partial charge in [0.05, 0.1) is 24.8 Å². The molecule has 0 unspecified atom stereocenters. The number of aliphatic hydroxyl groups is 1. The standard InChI is InChI=1S/C26H31F3N4O4/c1-37-22-6-5-19(14-30-22)25(36)10-7-20(8-11-25)32-21-9-12-33(16-21)23(34)15-31-24(35)17-3-2-4-18(13-17)26(27,28)29/h2-6,13-14,20-21,32,36H,7-12,15-16H2,1H3,(H,31,35)/t20?,21-,25?/m0/s1. The van der Waals surface area contributed by atoms with E-state index in [9.17, 15) is 27.9 Å². The van der Waals surface area contributed by atoms with Gasteiger partial charge >= 0.3 is 6.18 Å². The summed E-state index contributed by atoms with van der Waals surface area (Å²) >= 11 is 0. The van der Waals surface area contributed by atoms with Gasteiger partial charge in [-0.15, -0.1) is 0 Å². The van der Waals surface area contributed by atoms with Crippen molar-refractivity contribution in [3.8, 4) is 5.88 Å². The lowest BCUT2D eigenvalue weighted by molar-refractivity contribution is -0.137. The summed E-state index contributed by atoms with van der Waals surface area (Å²) < 4.78 is 43.7. The number of carbonyl (C=O) groups is 2. The van der Waals surface area contributed by atoms with Gasteiger partial charge in [0.1, 0.15) is 0 Å². The highest BCUT2D eigenvalue weighted by Gasteiger charge is 2.37. The zero-order valence-electron chi connectivity index (χ0n) is 20.6. The first-order chi connectivity index (χ1) is 17.6. The molecule has 2 fully saturated rings. The van der Waals surface area contributed by atoms with Gasteiger partial charge in [0.2, 0.25) is 11.8 Å². The number of pyridine rings is 1. The number of methoxy groups -OCH3 is 1. The number of ether oxygens (including phenoxy) is 1. The van der Waals surface area contributed by atoms with Crippen LogP contribution in [0.15, 0.2) is 42.6 Å². The summed E-state index contributed by atoms with van der Waals surface area (Å²) in [5.41, 5.74) is -1.21. The molecular weight excluding hydrogens is 489 g/mol. The highest BCUT2D eigenvalue weighted by atomic mass is 19.4. The van der Waals surface area contributed by atoms with Gasteiger partial charge in [-0.1, -0.05) is 6.07 Å². The second-order valence-electron chi connectivity index (χ2n) is 9.65. The van der Waals surface area contributed by atoms with Crippen molar-refractivity contribution in [2.75, 3.05) is 26.7 Å². The monoisotopic (exact) mass is 520 g/mol. The third-order valence-electron chi connectivity index (χ3n) is 7.16. The zero-order valence-corrected chi connectivity index (χ0v) is 20.6. The maximum Gasteiger partial charge on any atom is 0.416 e. The fourth-order valence-electron chi connectivity index (χ4n) is 4.99. The quantitative estimate of drug-likeness (QED) is 0.519. The molecule has 2 aromatic rings. The number of nitrogens with zero attached hydrogens (tertiary/aromatic N) is 2. The van der Waals surface area contributed by atoms with E-state index in [4.69, 9.17) is 4.74 Å². The van der Waals surface area contributed by atoms with Gasteiger partial charge in [-0.05, 0) is 56.4 Å².